The van der Waals surface area contributed by atoms with Gasteiger partial charge in [0.25, 0.3) is 0 Å². The number of nitrogens with one attached hydrogen (secondary N) is 2. The van der Waals surface area contributed by atoms with Crippen LogP contribution in [-0.2, 0) is 4.79 Å². The summed E-state index contributed by atoms with van der Waals surface area (Å²) >= 11 is 0. The van der Waals surface area contributed by atoms with Gasteiger partial charge in [-0.2, -0.15) is 0 Å². The molecule has 0 saturated carbocycles. The van der Waals surface area contributed by atoms with Crippen LogP contribution < -0.4 is 20.1 Å². The Morgan fingerprint density at radius 1 is 1.12 bits per heavy atom. The van der Waals surface area contributed by atoms with Gasteiger partial charge in [0.05, 0.1) is 25.4 Å². The Kier molecular flexibility index (Phi) is 6.49. The second-order valence-corrected chi connectivity index (χ2v) is 5.46. The normalized spacial score (nSPS) is 11.5. The van der Waals surface area contributed by atoms with Gasteiger partial charge in [-0.15, -0.1) is 0 Å². The van der Waals surface area contributed by atoms with Crippen LogP contribution in [0.5, 0.6) is 11.5 Å². The van der Waals surface area contributed by atoms with E-state index in [0.717, 1.165) is 17.9 Å². The third kappa shape index (κ3) is 5.19. The van der Waals surface area contributed by atoms with Crippen molar-refractivity contribution < 1.29 is 14.3 Å². The molecule has 2 aromatic carbocycles. The average molecular weight is 328 g/mol. The first kappa shape index (κ1) is 17.7. The molecule has 2 rings (SSSR count). The Balaban J connectivity index is 1.85. The van der Waals surface area contributed by atoms with Gasteiger partial charge in [-0.3, -0.25) is 4.79 Å². The highest BCUT2D eigenvalue weighted by Gasteiger charge is 2.07. The van der Waals surface area contributed by atoms with E-state index < -0.39 is 0 Å². The maximum Gasteiger partial charge on any atom is 0.243 e. The highest BCUT2D eigenvalue weighted by Crippen LogP contribution is 2.23. The minimum atomic E-state index is -0.139. The molecule has 0 radical (unpaired) electrons. The summed E-state index contributed by atoms with van der Waals surface area (Å²) in [5.41, 5.74) is 1.52. The molecule has 0 aliphatic rings. The van der Waals surface area contributed by atoms with E-state index in [1.165, 1.54) is 0 Å². The average Bonchev–Trinajstić information content (AvgIpc) is 2.61. The van der Waals surface area contributed by atoms with Gasteiger partial charge < -0.3 is 20.1 Å². The molecule has 128 valence electrons. The maximum atomic E-state index is 12.1. The second-order valence-electron chi connectivity index (χ2n) is 5.46. The number of methoxy groups -OCH3 is 1. The summed E-state index contributed by atoms with van der Waals surface area (Å²) in [4.78, 5) is 12.1. The predicted molar refractivity (Wildman–Crippen MR) is 96.9 cm³/mol. The predicted octanol–water partition coefficient (Wildman–Crippen LogP) is 3.92. The molecule has 0 aliphatic heterocycles. The molecule has 1 amide bonds. The topological polar surface area (TPSA) is 59.6 Å². The SMILES string of the molecule is CCC(C)Oc1ccc(NCC(=O)Nc2ccccc2OC)cc1. The molecule has 0 spiro atoms. The van der Waals surface area contributed by atoms with E-state index in [1.54, 1.807) is 19.2 Å². The van der Waals surface area contributed by atoms with Crippen LogP contribution in [0.3, 0.4) is 0 Å². The lowest BCUT2D eigenvalue weighted by molar-refractivity contribution is -0.114. The summed E-state index contributed by atoms with van der Waals surface area (Å²) in [6, 6.07) is 14.9. The van der Waals surface area contributed by atoms with Crippen molar-refractivity contribution in [1.29, 1.82) is 0 Å². The molecule has 5 heteroatoms. The van der Waals surface area contributed by atoms with E-state index in [-0.39, 0.29) is 18.6 Å². The van der Waals surface area contributed by atoms with Crippen LogP contribution in [0, 0.1) is 0 Å². The maximum absolute atomic E-state index is 12.1. The molecule has 24 heavy (non-hydrogen) atoms. The van der Waals surface area contributed by atoms with Gasteiger partial charge >= 0.3 is 0 Å². The quantitative estimate of drug-likeness (QED) is 0.771. The zero-order valence-corrected chi connectivity index (χ0v) is 14.3. The molecule has 0 saturated heterocycles. The standard InChI is InChI=1S/C19H24N2O3/c1-4-14(2)24-16-11-9-15(10-12-16)20-13-19(22)21-17-7-5-6-8-18(17)23-3/h5-12,14,20H,4,13H2,1-3H3,(H,21,22). The molecule has 2 N–H and O–H groups in total. The van der Waals surface area contributed by atoms with Crippen LogP contribution in [0.1, 0.15) is 20.3 Å². The van der Waals surface area contributed by atoms with E-state index in [9.17, 15) is 4.79 Å². The molecule has 0 bridgehead atoms. The third-order valence-corrected chi connectivity index (χ3v) is 3.60. The number of benzene rings is 2. The monoisotopic (exact) mass is 328 g/mol. The first-order chi connectivity index (χ1) is 11.6. The van der Waals surface area contributed by atoms with Crippen molar-refractivity contribution in [2.45, 2.75) is 26.4 Å². The summed E-state index contributed by atoms with van der Waals surface area (Å²) in [5, 5.41) is 5.91. The minimum Gasteiger partial charge on any atom is -0.495 e. The summed E-state index contributed by atoms with van der Waals surface area (Å²) in [5.74, 6) is 1.32. The number of hydrogen-bond donors (Lipinski definition) is 2. The first-order valence-electron chi connectivity index (χ1n) is 8.05. The minimum absolute atomic E-state index is 0.139. The van der Waals surface area contributed by atoms with E-state index >= 15 is 0 Å². The largest absolute Gasteiger partial charge is 0.495 e. The van der Waals surface area contributed by atoms with E-state index in [4.69, 9.17) is 9.47 Å². The number of carbonyl (C=O) groups is 1. The fourth-order valence-electron chi connectivity index (χ4n) is 2.09. The molecule has 5 nitrogen and oxygen atoms in total. The zero-order valence-electron chi connectivity index (χ0n) is 14.3. The Labute approximate surface area is 143 Å². The number of hydrogen-bond acceptors (Lipinski definition) is 4. The fraction of sp³-hybridized carbons (Fsp3) is 0.316. The smallest absolute Gasteiger partial charge is 0.243 e. The second kappa shape index (κ2) is 8.82. The Hall–Kier alpha value is -2.69. The Morgan fingerprint density at radius 3 is 2.50 bits per heavy atom. The van der Waals surface area contributed by atoms with Crippen LogP contribution in [0.25, 0.3) is 0 Å². The highest BCUT2D eigenvalue weighted by atomic mass is 16.5. The number of anilines is 2. The van der Waals surface area contributed by atoms with Crippen molar-refractivity contribution >= 4 is 17.3 Å². The van der Waals surface area contributed by atoms with Crippen LogP contribution in [0.15, 0.2) is 48.5 Å². The lowest BCUT2D eigenvalue weighted by atomic mass is 10.2. The van der Waals surface area contributed by atoms with E-state index in [1.807, 2.05) is 43.3 Å². The van der Waals surface area contributed by atoms with Crippen LogP contribution in [0.2, 0.25) is 0 Å². The molecule has 0 aliphatic carbocycles. The van der Waals surface area contributed by atoms with Crippen molar-refractivity contribution in [2.75, 3.05) is 24.3 Å². The molecule has 1 atom stereocenters. The number of carbonyl (C=O) groups excluding carboxylic acids is 1. The molecular formula is C19H24N2O3. The van der Waals surface area contributed by atoms with Crippen LogP contribution >= 0.6 is 0 Å². The van der Waals surface area contributed by atoms with Gasteiger partial charge in [0, 0.05) is 5.69 Å². The Morgan fingerprint density at radius 2 is 1.83 bits per heavy atom. The zero-order chi connectivity index (χ0) is 17.4. The first-order valence-corrected chi connectivity index (χ1v) is 8.05. The van der Waals surface area contributed by atoms with Crippen LogP contribution in [-0.4, -0.2) is 25.7 Å². The number of ether oxygens (including phenoxy) is 2. The summed E-state index contributed by atoms with van der Waals surface area (Å²) < 4.78 is 10.9. The van der Waals surface area contributed by atoms with E-state index in [2.05, 4.69) is 17.6 Å². The molecule has 2 aromatic rings. The summed E-state index contributed by atoms with van der Waals surface area (Å²) in [6.07, 6.45) is 1.15. The molecule has 1 unspecified atom stereocenters. The van der Waals surface area contributed by atoms with Gasteiger partial charge in [-0.1, -0.05) is 19.1 Å². The Bertz CT molecular complexity index is 656. The molecule has 0 heterocycles. The lowest BCUT2D eigenvalue weighted by Crippen LogP contribution is -2.22. The van der Waals surface area contributed by atoms with E-state index in [0.29, 0.717) is 11.4 Å². The van der Waals surface area contributed by atoms with Crippen molar-refractivity contribution in [1.82, 2.24) is 0 Å². The number of rotatable bonds is 8. The molecule has 0 fully saturated rings. The van der Waals surface area contributed by atoms with Gasteiger partial charge in [-0.05, 0) is 49.7 Å². The van der Waals surface area contributed by atoms with Gasteiger partial charge in [0.1, 0.15) is 11.5 Å². The number of para-hydroxylation sites is 2. The third-order valence-electron chi connectivity index (χ3n) is 3.60. The van der Waals surface area contributed by atoms with Crippen molar-refractivity contribution in [3.63, 3.8) is 0 Å². The van der Waals surface area contributed by atoms with Crippen molar-refractivity contribution in [3.05, 3.63) is 48.5 Å². The van der Waals surface area contributed by atoms with Gasteiger partial charge in [0.2, 0.25) is 5.91 Å². The van der Waals surface area contributed by atoms with Crippen LogP contribution in [0.4, 0.5) is 11.4 Å². The highest BCUT2D eigenvalue weighted by molar-refractivity contribution is 5.95. The van der Waals surface area contributed by atoms with Gasteiger partial charge in [0.15, 0.2) is 0 Å². The number of amides is 1. The lowest BCUT2D eigenvalue weighted by Gasteiger charge is -2.13. The van der Waals surface area contributed by atoms with Crippen molar-refractivity contribution in [2.24, 2.45) is 0 Å². The molecular weight excluding hydrogens is 304 g/mol. The van der Waals surface area contributed by atoms with Crippen molar-refractivity contribution in [3.8, 4) is 11.5 Å². The molecule has 0 aromatic heterocycles. The summed E-state index contributed by atoms with van der Waals surface area (Å²) in [6.45, 7) is 4.29. The van der Waals surface area contributed by atoms with Gasteiger partial charge in [-0.25, -0.2) is 0 Å². The summed E-state index contributed by atoms with van der Waals surface area (Å²) in [7, 11) is 1.58. The fourth-order valence-corrected chi connectivity index (χ4v) is 2.09.